The summed E-state index contributed by atoms with van der Waals surface area (Å²) in [5.74, 6) is 0.457. The minimum atomic E-state index is -0.469. The van der Waals surface area contributed by atoms with Gasteiger partial charge >= 0.3 is 5.97 Å². The van der Waals surface area contributed by atoms with Gasteiger partial charge in [0.1, 0.15) is 5.75 Å². The second kappa shape index (κ2) is 5.57. The first-order valence-electron chi connectivity index (χ1n) is 10.1. The zero-order valence-corrected chi connectivity index (χ0v) is 17.8. The molecule has 3 saturated carbocycles. The van der Waals surface area contributed by atoms with E-state index in [1.165, 1.54) is 6.92 Å². The van der Waals surface area contributed by atoms with E-state index < -0.39 is 16.8 Å². The predicted molar refractivity (Wildman–Crippen MR) is 113 cm³/mol. The number of fused-ring (bicyclic) bond motifs is 3. The van der Waals surface area contributed by atoms with Crippen LogP contribution in [-0.4, -0.2) is 29.5 Å². The van der Waals surface area contributed by atoms with Crippen LogP contribution in [0.3, 0.4) is 0 Å². The van der Waals surface area contributed by atoms with E-state index in [0.717, 1.165) is 34.9 Å². The Balaban J connectivity index is 1.45. The summed E-state index contributed by atoms with van der Waals surface area (Å²) in [5, 5.41) is 1.47. The van der Waals surface area contributed by atoms with Crippen LogP contribution in [0, 0.1) is 16.2 Å². The molecule has 6 rings (SSSR count). The van der Waals surface area contributed by atoms with Crippen molar-refractivity contribution in [2.24, 2.45) is 16.2 Å². The van der Waals surface area contributed by atoms with E-state index in [1.807, 2.05) is 24.3 Å². The molecule has 0 bridgehead atoms. The lowest BCUT2D eigenvalue weighted by molar-refractivity contribution is -0.132. The van der Waals surface area contributed by atoms with Crippen LogP contribution in [0.25, 0.3) is 10.8 Å². The van der Waals surface area contributed by atoms with Gasteiger partial charge in [-0.2, -0.15) is 0 Å². The summed E-state index contributed by atoms with van der Waals surface area (Å²) in [7, 11) is 0. The van der Waals surface area contributed by atoms with Gasteiger partial charge in [0.2, 0.25) is 11.1 Å². The average molecular weight is 444 g/mol. The number of amides is 1. The second-order valence-corrected chi connectivity index (χ2v) is 9.92. The molecule has 1 amide bonds. The van der Waals surface area contributed by atoms with Crippen molar-refractivity contribution in [3.63, 3.8) is 0 Å². The molecule has 1 aliphatic heterocycles. The molecule has 2 aromatic carbocycles. The van der Waals surface area contributed by atoms with Crippen LogP contribution >= 0.6 is 23.2 Å². The van der Waals surface area contributed by atoms with Crippen molar-refractivity contribution in [3.05, 3.63) is 35.9 Å². The molecule has 4 aliphatic rings. The van der Waals surface area contributed by atoms with Crippen LogP contribution < -0.4 is 9.64 Å². The largest absolute Gasteiger partial charge is 0.426 e. The molecule has 30 heavy (non-hydrogen) atoms. The van der Waals surface area contributed by atoms with Gasteiger partial charge in [-0.3, -0.25) is 14.4 Å². The van der Waals surface area contributed by atoms with E-state index in [-0.39, 0.29) is 22.5 Å². The Labute approximate surface area is 183 Å². The van der Waals surface area contributed by atoms with Gasteiger partial charge in [0.05, 0.1) is 16.5 Å². The third kappa shape index (κ3) is 1.94. The summed E-state index contributed by atoms with van der Waals surface area (Å²) < 4.78 is 5.49. The van der Waals surface area contributed by atoms with E-state index in [9.17, 15) is 14.4 Å². The monoisotopic (exact) mass is 443 g/mol. The first kappa shape index (κ1) is 18.6. The Hall–Kier alpha value is -2.11. The topological polar surface area (TPSA) is 63.7 Å². The average Bonchev–Trinajstić information content (AvgIpc) is 3.38. The van der Waals surface area contributed by atoms with Crippen molar-refractivity contribution in [2.45, 2.75) is 32.1 Å². The number of esters is 1. The van der Waals surface area contributed by atoms with Gasteiger partial charge in [0.25, 0.3) is 0 Å². The highest BCUT2D eigenvalue weighted by Gasteiger charge is 3.01. The van der Waals surface area contributed by atoms with Gasteiger partial charge in [0, 0.05) is 42.1 Å². The highest BCUT2D eigenvalue weighted by molar-refractivity contribution is 6.65. The highest BCUT2D eigenvalue weighted by Crippen LogP contribution is 3.01. The van der Waals surface area contributed by atoms with Crippen LogP contribution in [0.15, 0.2) is 30.3 Å². The van der Waals surface area contributed by atoms with Crippen LogP contribution in [-0.2, 0) is 14.4 Å². The zero-order valence-electron chi connectivity index (χ0n) is 16.3. The number of benzene rings is 2. The summed E-state index contributed by atoms with van der Waals surface area (Å²) >= 11 is 12.2. The summed E-state index contributed by atoms with van der Waals surface area (Å²) in [5.41, 5.74) is 0.622. The molecule has 0 saturated heterocycles. The standard InChI is InChI=1S/C23H19Cl2NO4/c1-12(27)30-17-6-16-18(15-5-3-2-4-14(15)17)13(7-24)8-26(16)20(29)22-9-21(19(25)28)10-23(21,22)11-22/h2-6,13H,7-11H2,1H3/t13-,21?,22?,23?/m1/s1. The number of halogens is 2. The SMILES string of the molecule is CC(=O)Oc1cc2c(c3ccccc13)[C@H](CCl)CN2C(=O)C12CC3(C(=O)Cl)CC31C2. The van der Waals surface area contributed by atoms with Crippen molar-refractivity contribution in [2.75, 3.05) is 17.3 Å². The van der Waals surface area contributed by atoms with Gasteiger partial charge in [-0.15, -0.1) is 11.6 Å². The predicted octanol–water partition coefficient (Wildman–Crippen LogP) is 4.37. The zero-order chi connectivity index (χ0) is 21.1. The molecule has 4 atom stereocenters. The molecular weight excluding hydrogens is 425 g/mol. The molecule has 0 aromatic heterocycles. The molecule has 0 N–H and O–H groups in total. The smallest absolute Gasteiger partial charge is 0.308 e. The van der Waals surface area contributed by atoms with Crippen LogP contribution in [0.5, 0.6) is 5.75 Å². The van der Waals surface area contributed by atoms with E-state index in [1.54, 1.807) is 11.0 Å². The lowest BCUT2D eigenvalue weighted by Crippen LogP contribution is -2.45. The maximum Gasteiger partial charge on any atom is 0.308 e. The highest BCUT2D eigenvalue weighted by atomic mass is 35.5. The third-order valence-electron chi connectivity index (χ3n) is 7.99. The summed E-state index contributed by atoms with van der Waals surface area (Å²) in [6.45, 7) is 1.86. The molecule has 1 spiro atoms. The molecule has 3 fully saturated rings. The molecule has 3 aliphatic carbocycles. The fourth-order valence-corrected chi connectivity index (χ4v) is 7.15. The number of alkyl halides is 1. The van der Waals surface area contributed by atoms with Crippen molar-refractivity contribution >= 4 is 56.8 Å². The van der Waals surface area contributed by atoms with Crippen LogP contribution in [0.4, 0.5) is 5.69 Å². The Morgan fingerprint density at radius 2 is 1.83 bits per heavy atom. The molecule has 0 radical (unpaired) electrons. The number of ether oxygens (including phenoxy) is 1. The lowest BCUT2D eigenvalue weighted by Gasteiger charge is -2.34. The molecule has 7 heteroatoms. The van der Waals surface area contributed by atoms with E-state index in [2.05, 4.69) is 0 Å². The number of hydrogen-bond acceptors (Lipinski definition) is 4. The minimum Gasteiger partial charge on any atom is -0.426 e. The normalized spacial score (nSPS) is 34.5. The fraction of sp³-hybridized carbons (Fsp3) is 0.435. The van der Waals surface area contributed by atoms with Crippen LogP contribution in [0.2, 0.25) is 0 Å². The number of hydrogen-bond donors (Lipinski definition) is 0. The van der Waals surface area contributed by atoms with E-state index >= 15 is 0 Å². The Morgan fingerprint density at radius 3 is 2.43 bits per heavy atom. The summed E-state index contributed by atoms with van der Waals surface area (Å²) in [6, 6.07) is 9.51. The van der Waals surface area contributed by atoms with Crippen LogP contribution in [0.1, 0.15) is 37.7 Å². The fourth-order valence-electron chi connectivity index (χ4n) is 6.58. The second-order valence-electron chi connectivity index (χ2n) is 9.26. The van der Waals surface area contributed by atoms with Gasteiger partial charge in [0.15, 0.2) is 0 Å². The molecular formula is C23H19Cl2NO4. The lowest BCUT2D eigenvalue weighted by atomic mass is 9.74. The molecule has 2 aromatic rings. The van der Waals surface area contributed by atoms with Crippen molar-refractivity contribution < 1.29 is 19.1 Å². The summed E-state index contributed by atoms with van der Waals surface area (Å²) in [6.07, 6.45) is 2.01. The van der Waals surface area contributed by atoms with Gasteiger partial charge in [-0.1, -0.05) is 24.3 Å². The minimum absolute atomic E-state index is 0.00769. The molecule has 154 valence electrons. The summed E-state index contributed by atoms with van der Waals surface area (Å²) in [4.78, 5) is 39.1. The van der Waals surface area contributed by atoms with E-state index in [4.69, 9.17) is 27.9 Å². The molecule has 1 heterocycles. The van der Waals surface area contributed by atoms with Gasteiger partial charge in [-0.05, 0) is 41.8 Å². The Kier molecular flexibility index (Phi) is 3.46. The number of anilines is 1. The maximum absolute atomic E-state index is 13.7. The van der Waals surface area contributed by atoms with Crippen molar-refractivity contribution in [1.29, 1.82) is 0 Å². The Morgan fingerprint density at radius 1 is 1.13 bits per heavy atom. The van der Waals surface area contributed by atoms with Gasteiger partial charge in [-0.25, -0.2) is 0 Å². The number of rotatable bonds is 4. The maximum atomic E-state index is 13.7. The number of nitrogens with zero attached hydrogens (tertiary/aromatic N) is 1. The quantitative estimate of drug-likeness (QED) is 0.304. The molecule has 5 nitrogen and oxygen atoms in total. The number of carbonyl (C=O) groups excluding carboxylic acids is 3. The first-order valence-corrected chi connectivity index (χ1v) is 11.0. The first-order chi connectivity index (χ1) is 14.3. The van der Waals surface area contributed by atoms with Crippen molar-refractivity contribution in [3.8, 4) is 5.75 Å². The third-order valence-corrected chi connectivity index (χ3v) is 8.73. The Bertz CT molecular complexity index is 1200. The molecule has 3 unspecified atom stereocenters. The van der Waals surface area contributed by atoms with Crippen molar-refractivity contribution in [1.82, 2.24) is 0 Å². The van der Waals surface area contributed by atoms with Gasteiger partial charge < -0.3 is 9.64 Å². The van der Waals surface area contributed by atoms with E-state index in [0.29, 0.717) is 24.6 Å². The number of carbonyl (C=O) groups is 3.